The lowest BCUT2D eigenvalue weighted by Crippen LogP contribution is -2.43. The van der Waals surface area contributed by atoms with Crippen molar-refractivity contribution in [3.63, 3.8) is 0 Å². The zero-order valence-electron chi connectivity index (χ0n) is 20.8. The number of halogens is 1. The summed E-state index contributed by atoms with van der Waals surface area (Å²) in [6.45, 7) is 2.06. The maximum Gasteiger partial charge on any atom is 0.508 e. The molecule has 1 saturated heterocycles. The van der Waals surface area contributed by atoms with Crippen molar-refractivity contribution in [3.05, 3.63) is 12.4 Å². The van der Waals surface area contributed by atoms with E-state index in [0.717, 1.165) is 19.3 Å². The molecule has 0 radical (unpaired) electrons. The minimum Gasteiger partial charge on any atom is -0.434 e. The Hall–Kier alpha value is -2.97. The van der Waals surface area contributed by atoms with Gasteiger partial charge in [-0.2, -0.15) is 14.4 Å². The molecule has 2 aromatic rings. The molecular weight excluding hydrogens is 469 g/mol. The lowest BCUT2D eigenvalue weighted by atomic mass is 9.99. The number of carbonyl (C=O) groups is 1. The average molecular weight is 506 g/mol. The summed E-state index contributed by atoms with van der Waals surface area (Å²) in [5.74, 6) is 2.27. The van der Waals surface area contributed by atoms with Gasteiger partial charge in [0.05, 0.1) is 12.9 Å². The summed E-state index contributed by atoms with van der Waals surface area (Å²) in [7, 11) is 0. The van der Waals surface area contributed by atoms with Crippen LogP contribution in [0.4, 0.5) is 15.0 Å². The zero-order chi connectivity index (χ0) is 26.0. The lowest BCUT2D eigenvalue weighted by Gasteiger charge is -2.25. The quantitative estimate of drug-likeness (QED) is 0.167. The third-order valence-electron chi connectivity index (χ3n) is 6.41. The first-order valence-corrected chi connectivity index (χ1v) is 12.7. The van der Waals surface area contributed by atoms with Gasteiger partial charge in [0.15, 0.2) is 22.6 Å². The fraction of sp³-hybridized carbons (Fsp3) is 0.680. The Morgan fingerprint density at radius 2 is 1.89 bits per heavy atom. The highest BCUT2D eigenvalue weighted by molar-refractivity contribution is 5.81. The van der Waals surface area contributed by atoms with Gasteiger partial charge < -0.3 is 25.1 Å². The molecule has 36 heavy (non-hydrogen) atoms. The van der Waals surface area contributed by atoms with Crippen LogP contribution in [0.2, 0.25) is 0 Å². The first-order chi connectivity index (χ1) is 17.4. The van der Waals surface area contributed by atoms with Gasteiger partial charge in [-0.3, -0.25) is 4.57 Å². The number of hydrogen-bond acceptors (Lipinski definition) is 9. The van der Waals surface area contributed by atoms with Crippen molar-refractivity contribution in [2.45, 2.75) is 95.5 Å². The summed E-state index contributed by atoms with van der Waals surface area (Å²) in [5.41, 5.74) is 4.39. The largest absolute Gasteiger partial charge is 0.508 e. The van der Waals surface area contributed by atoms with Gasteiger partial charge in [0.25, 0.3) is 0 Å². The van der Waals surface area contributed by atoms with E-state index in [4.69, 9.17) is 26.4 Å². The SMILES string of the molecule is C#C[C@]1(COC(=O)OCCCCCCCCCCCC)O[C@@H](n2cnc3c(N)nc(F)nc32)C[C@@H]1O. The number of nitrogens with zero attached hydrogens (tertiary/aromatic N) is 4. The molecule has 0 bridgehead atoms. The van der Waals surface area contributed by atoms with Crippen LogP contribution in [0.5, 0.6) is 0 Å². The minimum absolute atomic E-state index is 0.0399. The van der Waals surface area contributed by atoms with Crippen molar-refractivity contribution in [1.29, 1.82) is 0 Å². The summed E-state index contributed by atoms with van der Waals surface area (Å²) >= 11 is 0. The molecule has 1 fully saturated rings. The summed E-state index contributed by atoms with van der Waals surface area (Å²) in [6.07, 6.45) is 14.9. The van der Waals surface area contributed by atoms with E-state index < -0.39 is 36.8 Å². The Kier molecular flexibility index (Phi) is 10.3. The van der Waals surface area contributed by atoms with Crippen molar-refractivity contribution in [2.75, 3.05) is 18.9 Å². The van der Waals surface area contributed by atoms with Crippen LogP contribution in [0, 0.1) is 18.4 Å². The number of terminal acetylenes is 1. The summed E-state index contributed by atoms with van der Waals surface area (Å²) in [6, 6.07) is 0. The predicted molar refractivity (Wildman–Crippen MR) is 131 cm³/mol. The number of ether oxygens (including phenoxy) is 3. The van der Waals surface area contributed by atoms with E-state index in [1.807, 2.05) is 0 Å². The molecule has 0 spiro atoms. The van der Waals surface area contributed by atoms with Crippen molar-refractivity contribution < 1.29 is 28.5 Å². The van der Waals surface area contributed by atoms with Crippen LogP contribution in [0.3, 0.4) is 0 Å². The van der Waals surface area contributed by atoms with Crippen molar-refractivity contribution in [3.8, 4) is 12.3 Å². The number of aromatic nitrogens is 4. The molecule has 3 N–H and O–H groups in total. The zero-order valence-corrected chi connectivity index (χ0v) is 20.8. The molecular formula is C25H36FN5O5. The number of hydrogen-bond donors (Lipinski definition) is 2. The maximum atomic E-state index is 13.7. The van der Waals surface area contributed by atoms with E-state index >= 15 is 0 Å². The van der Waals surface area contributed by atoms with Crippen LogP contribution in [0.15, 0.2) is 6.33 Å². The Labute approximate surface area is 210 Å². The van der Waals surface area contributed by atoms with Crippen molar-refractivity contribution >= 4 is 23.1 Å². The second-order valence-electron chi connectivity index (χ2n) is 9.13. The topological polar surface area (TPSA) is 135 Å². The Bertz CT molecular complexity index is 1040. The molecule has 0 aromatic carbocycles. The maximum absolute atomic E-state index is 13.7. The molecule has 1 aliphatic heterocycles. The van der Waals surface area contributed by atoms with Gasteiger partial charge in [0.1, 0.15) is 18.9 Å². The smallest absolute Gasteiger partial charge is 0.434 e. The van der Waals surface area contributed by atoms with E-state index in [1.54, 1.807) is 0 Å². The molecule has 0 amide bonds. The minimum atomic E-state index is -1.60. The third-order valence-corrected chi connectivity index (χ3v) is 6.41. The molecule has 0 saturated carbocycles. The molecule has 3 heterocycles. The number of aliphatic hydroxyl groups is 1. The molecule has 10 nitrogen and oxygen atoms in total. The molecule has 11 heteroatoms. The highest BCUT2D eigenvalue weighted by Crippen LogP contribution is 2.38. The van der Waals surface area contributed by atoms with Gasteiger partial charge in [-0.1, -0.05) is 70.6 Å². The summed E-state index contributed by atoms with van der Waals surface area (Å²) in [4.78, 5) is 23.3. The monoisotopic (exact) mass is 505 g/mol. The Morgan fingerprint density at radius 1 is 1.22 bits per heavy atom. The number of anilines is 1. The number of nitrogens with two attached hydrogens (primary N) is 1. The number of fused-ring (bicyclic) bond motifs is 1. The highest BCUT2D eigenvalue weighted by Gasteiger charge is 2.49. The number of nitrogen functional groups attached to an aromatic ring is 1. The Balaban J connectivity index is 1.40. The second-order valence-corrected chi connectivity index (χ2v) is 9.13. The van der Waals surface area contributed by atoms with Crippen molar-refractivity contribution in [1.82, 2.24) is 19.5 Å². The third kappa shape index (κ3) is 7.04. The standard InChI is InChI=1S/C25H36FN5O5/c1-3-5-6-7-8-9-10-11-12-13-14-34-24(33)35-16-25(4-2)18(32)15-19(36-25)31-17-28-20-21(27)29-23(26)30-22(20)31/h2,17-19,32H,3,5-16H2,1H3,(H2,27,29,30)/t18-,19+,25+/m0/s1. The Morgan fingerprint density at radius 3 is 2.56 bits per heavy atom. The molecule has 2 aromatic heterocycles. The first kappa shape index (κ1) is 27.6. The van der Waals surface area contributed by atoms with Crippen LogP contribution >= 0.6 is 0 Å². The van der Waals surface area contributed by atoms with E-state index in [0.29, 0.717) is 0 Å². The van der Waals surface area contributed by atoms with Gasteiger partial charge in [0, 0.05) is 6.42 Å². The van der Waals surface area contributed by atoms with E-state index in [-0.39, 0.29) is 30.0 Å². The number of unbranched alkanes of at least 4 members (excludes halogenated alkanes) is 9. The van der Waals surface area contributed by atoms with Crippen LogP contribution in [0.25, 0.3) is 11.2 Å². The fourth-order valence-electron chi connectivity index (χ4n) is 4.30. The van der Waals surface area contributed by atoms with E-state index in [1.165, 1.54) is 55.8 Å². The first-order valence-electron chi connectivity index (χ1n) is 12.7. The summed E-state index contributed by atoms with van der Waals surface area (Å²) in [5, 5.41) is 10.6. The predicted octanol–water partition coefficient (Wildman–Crippen LogP) is 4.27. The van der Waals surface area contributed by atoms with Gasteiger partial charge in [0.2, 0.25) is 0 Å². The normalized spacial score (nSPS) is 21.5. The van der Waals surface area contributed by atoms with Gasteiger partial charge >= 0.3 is 12.2 Å². The van der Waals surface area contributed by atoms with Crippen LogP contribution in [0.1, 0.15) is 83.8 Å². The highest BCUT2D eigenvalue weighted by atomic mass is 19.1. The van der Waals surface area contributed by atoms with Crippen LogP contribution in [-0.2, 0) is 14.2 Å². The molecule has 3 atom stereocenters. The van der Waals surface area contributed by atoms with Gasteiger partial charge in [-0.15, -0.1) is 6.42 Å². The molecule has 198 valence electrons. The summed E-state index contributed by atoms with van der Waals surface area (Å²) < 4.78 is 31.2. The molecule has 3 rings (SSSR count). The van der Waals surface area contributed by atoms with E-state index in [9.17, 15) is 14.3 Å². The van der Waals surface area contributed by atoms with Gasteiger partial charge in [-0.05, 0) is 6.42 Å². The van der Waals surface area contributed by atoms with Crippen molar-refractivity contribution in [2.24, 2.45) is 0 Å². The van der Waals surface area contributed by atoms with E-state index in [2.05, 4.69) is 27.8 Å². The fourth-order valence-corrected chi connectivity index (χ4v) is 4.30. The average Bonchev–Trinajstić information content (AvgIpc) is 3.42. The molecule has 0 aliphatic carbocycles. The lowest BCUT2D eigenvalue weighted by molar-refractivity contribution is -0.0980. The number of rotatable bonds is 14. The second kappa shape index (κ2) is 13.4. The number of imidazole rings is 1. The number of carbonyl (C=O) groups excluding carboxylic acids is 1. The molecule has 1 aliphatic rings. The molecule has 0 unspecified atom stereocenters. The van der Waals surface area contributed by atoms with Crippen LogP contribution in [-0.4, -0.2) is 55.7 Å². The number of aliphatic hydroxyl groups excluding tert-OH is 1. The van der Waals surface area contributed by atoms with Gasteiger partial charge in [-0.25, -0.2) is 9.78 Å². The van der Waals surface area contributed by atoms with Crippen LogP contribution < -0.4 is 5.73 Å².